The van der Waals surface area contributed by atoms with Crippen molar-refractivity contribution < 1.29 is 14.3 Å². The Bertz CT molecular complexity index is 387. The number of thiazole rings is 1. The zero-order chi connectivity index (χ0) is 12.2. The van der Waals surface area contributed by atoms with Crippen LogP contribution in [0.2, 0.25) is 0 Å². The number of ether oxygens (including phenoxy) is 1. The molecule has 0 saturated carbocycles. The fourth-order valence-electron chi connectivity index (χ4n) is 0.835. The van der Waals surface area contributed by atoms with Gasteiger partial charge in [0.1, 0.15) is 5.60 Å². The highest BCUT2D eigenvalue weighted by molar-refractivity contribution is 7.17. The third kappa shape index (κ3) is 3.62. The second kappa shape index (κ2) is 5.07. The van der Waals surface area contributed by atoms with Crippen LogP contribution in [0.25, 0.3) is 0 Å². The first-order chi connectivity index (χ1) is 7.46. The zero-order valence-corrected chi connectivity index (χ0v) is 10.3. The van der Waals surface area contributed by atoms with Gasteiger partial charge in [0.25, 0.3) is 0 Å². The first kappa shape index (κ1) is 12.6. The lowest BCUT2D eigenvalue weighted by Gasteiger charge is -2.22. The molecule has 1 N–H and O–H groups in total. The van der Waals surface area contributed by atoms with Crippen LogP contribution in [0.1, 0.15) is 36.9 Å². The van der Waals surface area contributed by atoms with E-state index < -0.39 is 11.7 Å². The Morgan fingerprint density at radius 1 is 1.69 bits per heavy atom. The second-order valence-electron chi connectivity index (χ2n) is 3.81. The molecule has 0 aliphatic carbocycles. The van der Waals surface area contributed by atoms with Crippen molar-refractivity contribution in [2.75, 3.05) is 5.32 Å². The number of anilines is 1. The van der Waals surface area contributed by atoms with Crippen LogP contribution in [-0.2, 0) is 4.74 Å². The van der Waals surface area contributed by atoms with E-state index in [4.69, 9.17) is 4.74 Å². The van der Waals surface area contributed by atoms with Crippen LogP contribution >= 0.6 is 11.3 Å². The number of hydrogen-bond donors (Lipinski definition) is 1. The van der Waals surface area contributed by atoms with Gasteiger partial charge < -0.3 is 4.74 Å². The minimum Gasteiger partial charge on any atom is -0.443 e. The van der Waals surface area contributed by atoms with Gasteiger partial charge in [-0.05, 0) is 20.3 Å². The van der Waals surface area contributed by atoms with Gasteiger partial charge in [-0.15, -0.1) is 0 Å². The normalized spacial score (nSPS) is 10.9. The van der Waals surface area contributed by atoms with Gasteiger partial charge >= 0.3 is 6.09 Å². The Hall–Kier alpha value is -1.43. The zero-order valence-electron chi connectivity index (χ0n) is 9.44. The van der Waals surface area contributed by atoms with E-state index in [0.717, 1.165) is 17.8 Å². The Morgan fingerprint density at radius 2 is 2.38 bits per heavy atom. The molecule has 0 bridgehead atoms. The number of nitrogens with zero attached hydrogens (tertiary/aromatic N) is 1. The summed E-state index contributed by atoms with van der Waals surface area (Å²) in [5, 5.41) is 2.83. The minimum atomic E-state index is -0.557. The van der Waals surface area contributed by atoms with Gasteiger partial charge in [-0.3, -0.25) is 10.1 Å². The lowest BCUT2D eigenvalue weighted by Crippen LogP contribution is -2.29. The molecule has 5 nitrogen and oxygen atoms in total. The van der Waals surface area contributed by atoms with E-state index in [1.807, 2.05) is 20.8 Å². The molecule has 0 atom stereocenters. The van der Waals surface area contributed by atoms with Crippen molar-refractivity contribution in [3.8, 4) is 0 Å². The van der Waals surface area contributed by atoms with Gasteiger partial charge in [0.15, 0.2) is 11.4 Å². The maximum Gasteiger partial charge on any atom is 0.413 e. The average Bonchev–Trinajstić information content (AvgIpc) is 2.64. The molecule has 0 fully saturated rings. The number of aromatic nitrogens is 1. The van der Waals surface area contributed by atoms with Crippen LogP contribution in [0.4, 0.5) is 9.93 Å². The van der Waals surface area contributed by atoms with Crippen LogP contribution in [0.5, 0.6) is 0 Å². The molecule has 16 heavy (non-hydrogen) atoms. The largest absolute Gasteiger partial charge is 0.443 e. The van der Waals surface area contributed by atoms with E-state index in [0.29, 0.717) is 16.3 Å². The number of aldehydes is 1. The summed E-state index contributed by atoms with van der Waals surface area (Å²) in [5.41, 5.74) is -0.505. The van der Waals surface area contributed by atoms with E-state index >= 15 is 0 Å². The SMILES string of the molecule is CCC(C)(C)OC(=O)Nc1ncc(C=O)s1. The molecule has 0 unspecified atom stereocenters. The smallest absolute Gasteiger partial charge is 0.413 e. The van der Waals surface area contributed by atoms with E-state index in [9.17, 15) is 9.59 Å². The Morgan fingerprint density at radius 3 is 2.88 bits per heavy atom. The average molecular weight is 242 g/mol. The van der Waals surface area contributed by atoms with Crippen molar-refractivity contribution >= 4 is 28.8 Å². The van der Waals surface area contributed by atoms with Crippen molar-refractivity contribution in [3.63, 3.8) is 0 Å². The molecular formula is C10H14N2O3S. The summed E-state index contributed by atoms with van der Waals surface area (Å²) >= 11 is 1.10. The van der Waals surface area contributed by atoms with Crippen molar-refractivity contribution in [3.05, 3.63) is 11.1 Å². The van der Waals surface area contributed by atoms with Gasteiger partial charge in [0, 0.05) is 0 Å². The quantitative estimate of drug-likeness (QED) is 0.824. The highest BCUT2D eigenvalue weighted by Gasteiger charge is 2.20. The number of nitrogens with one attached hydrogen (secondary N) is 1. The molecule has 1 aromatic heterocycles. The first-order valence-electron chi connectivity index (χ1n) is 4.88. The van der Waals surface area contributed by atoms with Crippen molar-refractivity contribution in [1.82, 2.24) is 4.98 Å². The van der Waals surface area contributed by atoms with Crippen molar-refractivity contribution in [1.29, 1.82) is 0 Å². The van der Waals surface area contributed by atoms with Crippen LogP contribution in [0, 0.1) is 0 Å². The standard InChI is InChI=1S/C10H14N2O3S/c1-4-10(2,3)15-9(14)12-8-11-5-7(6-13)16-8/h5-6H,4H2,1-3H3,(H,11,12,14). The summed E-state index contributed by atoms with van der Waals surface area (Å²) in [6.45, 7) is 5.58. The molecule has 0 radical (unpaired) electrons. The molecule has 6 heteroatoms. The molecule has 0 saturated heterocycles. The van der Waals surface area contributed by atoms with E-state index in [2.05, 4.69) is 10.3 Å². The predicted molar refractivity (Wildman–Crippen MR) is 62.0 cm³/mol. The third-order valence-corrected chi connectivity index (χ3v) is 2.91. The molecule has 88 valence electrons. The van der Waals surface area contributed by atoms with Gasteiger partial charge in [0.05, 0.1) is 11.1 Å². The van der Waals surface area contributed by atoms with Gasteiger partial charge in [-0.2, -0.15) is 0 Å². The third-order valence-electron chi connectivity index (χ3n) is 2.07. The van der Waals surface area contributed by atoms with Crippen molar-refractivity contribution in [2.45, 2.75) is 32.8 Å². The molecule has 0 aromatic carbocycles. The minimum absolute atomic E-state index is 0.360. The highest BCUT2D eigenvalue weighted by atomic mass is 32.1. The fraction of sp³-hybridized carbons (Fsp3) is 0.500. The Kier molecular flexibility index (Phi) is 4.00. The summed E-state index contributed by atoms with van der Waals surface area (Å²) < 4.78 is 5.16. The van der Waals surface area contributed by atoms with Gasteiger partial charge in [-0.1, -0.05) is 18.3 Å². The maximum absolute atomic E-state index is 11.4. The van der Waals surface area contributed by atoms with Crippen LogP contribution in [0.15, 0.2) is 6.20 Å². The lowest BCUT2D eigenvalue weighted by molar-refractivity contribution is 0.0462. The molecule has 1 amide bonds. The molecule has 1 rings (SSSR count). The lowest BCUT2D eigenvalue weighted by atomic mass is 10.1. The van der Waals surface area contributed by atoms with Gasteiger partial charge in [0.2, 0.25) is 0 Å². The second-order valence-corrected chi connectivity index (χ2v) is 4.88. The predicted octanol–water partition coefficient (Wildman–Crippen LogP) is 2.69. The van der Waals surface area contributed by atoms with E-state index in [1.165, 1.54) is 6.20 Å². The van der Waals surface area contributed by atoms with Gasteiger partial charge in [-0.25, -0.2) is 9.78 Å². The number of carbonyl (C=O) groups excluding carboxylic acids is 2. The number of rotatable bonds is 4. The molecule has 0 aliphatic heterocycles. The molecule has 1 aromatic rings. The summed E-state index contributed by atoms with van der Waals surface area (Å²) in [5.74, 6) is 0. The number of hydrogen-bond acceptors (Lipinski definition) is 5. The van der Waals surface area contributed by atoms with Crippen molar-refractivity contribution in [2.24, 2.45) is 0 Å². The molecule has 1 heterocycles. The summed E-state index contributed by atoms with van der Waals surface area (Å²) in [7, 11) is 0. The van der Waals surface area contributed by atoms with Crippen LogP contribution in [0.3, 0.4) is 0 Å². The Balaban J connectivity index is 2.54. The molecule has 0 aliphatic rings. The highest BCUT2D eigenvalue weighted by Crippen LogP contribution is 2.18. The monoisotopic (exact) mass is 242 g/mol. The number of amides is 1. The van der Waals surface area contributed by atoms with E-state index in [-0.39, 0.29) is 0 Å². The Labute approximate surface area is 97.8 Å². The summed E-state index contributed by atoms with van der Waals surface area (Å²) in [6.07, 6.45) is 2.25. The summed E-state index contributed by atoms with van der Waals surface area (Å²) in [4.78, 5) is 26.2. The summed E-state index contributed by atoms with van der Waals surface area (Å²) in [6, 6.07) is 0. The van der Waals surface area contributed by atoms with E-state index in [1.54, 1.807) is 0 Å². The topological polar surface area (TPSA) is 68.3 Å². The number of carbonyl (C=O) groups is 2. The van der Waals surface area contributed by atoms with Crippen LogP contribution in [-0.4, -0.2) is 23.0 Å². The maximum atomic E-state index is 11.4. The molecular weight excluding hydrogens is 228 g/mol. The first-order valence-corrected chi connectivity index (χ1v) is 5.69. The fourth-order valence-corrected chi connectivity index (χ4v) is 1.45. The molecule has 0 spiro atoms. The van der Waals surface area contributed by atoms with Crippen LogP contribution < -0.4 is 5.32 Å².